The summed E-state index contributed by atoms with van der Waals surface area (Å²) in [5, 5.41) is 0.0569. The Hall–Kier alpha value is -2.93. The van der Waals surface area contributed by atoms with Crippen LogP contribution in [0.1, 0.15) is 5.56 Å². The maximum absolute atomic E-state index is 12.5. The third-order valence-corrected chi connectivity index (χ3v) is 5.34. The molecule has 1 heterocycles. The number of carbonyl (C=O) groups is 3. The summed E-state index contributed by atoms with van der Waals surface area (Å²) in [7, 11) is 2.30. The number of rotatable bonds is 5. The Morgan fingerprint density at radius 3 is 2.04 bits per heavy atom. The summed E-state index contributed by atoms with van der Waals surface area (Å²) in [5.74, 6) is -2.72. The van der Waals surface area contributed by atoms with Crippen LogP contribution in [0.25, 0.3) is 11.1 Å². The Labute approximate surface area is 170 Å². The van der Waals surface area contributed by atoms with E-state index in [0.29, 0.717) is 5.56 Å². The van der Waals surface area contributed by atoms with Crippen molar-refractivity contribution in [1.82, 2.24) is 0 Å². The van der Waals surface area contributed by atoms with Crippen LogP contribution in [0.2, 0.25) is 0 Å². The highest BCUT2D eigenvalue weighted by atomic mass is 79.9. The number of hydrogen-bond acceptors (Lipinski definition) is 6. The standard InChI is InChI=1S/C21H17BrO6/c1-26-18(23)16-17(20(25)27-2)21(12-22,28-19(16)24)15-10-8-14(9-11-15)13-6-4-3-5-7-13/h3-11H,12H2,1-2H3. The second-order valence-corrected chi connectivity index (χ2v) is 6.59. The van der Waals surface area contributed by atoms with E-state index in [2.05, 4.69) is 20.7 Å². The molecule has 6 nitrogen and oxygen atoms in total. The first-order valence-corrected chi connectivity index (χ1v) is 9.47. The van der Waals surface area contributed by atoms with Crippen LogP contribution in [0.3, 0.4) is 0 Å². The van der Waals surface area contributed by atoms with Crippen LogP contribution in [-0.4, -0.2) is 37.5 Å². The molecule has 28 heavy (non-hydrogen) atoms. The van der Waals surface area contributed by atoms with Crippen molar-refractivity contribution in [2.45, 2.75) is 5.60 Å². The van der Waals surface area contributed by atoms with Crippen molar-refractivity contribution in [3.8, 4) is 11.1 Å². The molecule has 1 aliphatic heterocycles. The normalized spacial score (nSPS) is 18.6. The quantitative estimate of drug-likeness (QED) is 0.305. The molecule has 0 amide bonds. The fourth-order valence-corrected chi connectivity index (χ4v) is 3.88. The number of ether oxygens (including phenoxy) is 3. The molecule has 2 aromatic carbocycles. The van der Waals surface area contributed by atoms with E-state index in [1.165, 1.54) is 7.11 Å². The van der Waals surface area contributed by atoms with E-state index in [0.717, 1.165) is 18.2 Å². The zero-order valence-electron chi connectivity index (χ0n) is 15.2. The molecule has 1 atom stereocenters. The first-order chi connectivity index (χ1) is 13.5. The van der Waals surface area contributed by atoms with E-state index in [4.69, 9.17) is 9.47 Å². The van der Waals surface area contributed by atoms with Gasteiger partial charge in [0.25, 0.3) is 0 Å². The Balaban J connectivity index is 2.14. The Bertz CT molecular complexity index is 949. The van der Waals surface area contributed by atoms with Crippen molar-refractivity contribution < 1.29 is 28.6 Å². The van der Waals surface area contributed by atoms with Gasteiger partial charge in [0.15, 0.2) is 11.2 Å². The van der Waals surface area contributed by atoms with E-state index in [1.807, 2.05) is 42.5 Å². The molecule has 2 aromatic rings. The SMILES string of the molecule is COC(=O)C1=C(C(=O)OC)C(CBr)(c2ccc(-c3ccccc3)cc2)OC1=O. The lowest BCUT2D eigenvalue weighted by Gasteiger charge is -2.28. The molecular weight excluding hydrogens is 428 g/mol. The first-order valence-electron chi connectivity index (χ1n) is 8.35. The van der Waals surface area contributed by atoms with Crippen molar-refractivity contribution in [2.75, 3.05) is 19.5 Å². The number of cyclic esters (lactones) is 1. The lowest BCUT2D eigenvalue weighted by molar-refractivity contribution is -0.149. The molecule has 0 saturated heterocycles. The number of methoxy groups -OCH3 is 2. The monoisotopic (exact) mass is 444 g/mol. The predicted octanol–water partition coefficient (Wildman–Crippen LogP) is 3.14. The van der Waals surface area contributed by atoms with Gasteiger partial charge in [-0.25, -0.2) is 14.4 Å². The van der Waals surface area contributed by atoms with E-state index in [1.54, 1.807) is 12.1 Å². The molecule has 7 heteroatoms. The van der Waals surface area contributed by atoms with Gasteiger partial charge in [-0.2, -0.15) is 0 Å². The second-order valence-electron chi connectivity index (χ2n) is 6.03. The zero-order valence-corrected chi connectivity index (χ0v) is 16.8. The Morgan fingerprint density at radius 2 is 1.50 bits per heavy atom. The smallest absolute Gasteiger partial charge is 0.347 e. The summed E-state index contributed by atoms with van der Waals surface area (Å²) in [6.45, 7) is 0. The van der Waals surface area contributed by atoms with E-state index in [-0.39, 0.29) is 10.9 Å². The minimum Gasteiger partial charge on any atom is -0.466 e. The van der Waals surface area contributed by atoms with Gasteiger partial charge in [-0.15, -0.1) is 0 Å². The molecular formula is C21H17BrO6. The lowest BCUT2D eigenvalue weighted by atomic mass is 9.85. The number of carbonyl (C=O) groups excluding carboxylic acids is 3. The van der Waals surface area contributed by atoms with Crippen LogP contribution in [0, 0.1) is 0 Å². The molecule has 0 N–H and O–H groups in total. The van der Waals surface area contributed by atoms with Gasteiger partial charge in [0.05, 0.1) is 19.5 Å². The molecule has 0 fully saturated rings. The minimum atomic E-state index is -1.50. The fraction of sp³-hybridized carbons (Fsp3) is 0.190. The van der Waals surface area contributed by atoms with Crippen LogP contribution in [-0.2, 0) is 34.2 Å². The second kappa shape index (κ2) is 7.98. The Morgan fingerprint density at radius 1 is 0.929 bits per heavy atom. The lowest BCUT2D eigenvalue weighted by Crippen LogP contribution is -2.35. The molecule has 0 aliphatic carbocycles. The number of hydrogen-bond donors (Lipinski definition) is 0. The highest BCUT2D eigenvalue weighted by molar-refractivity contribution is 9.09. The average Bonchev–Trinajstić information content (AvgIpc) is 3.06. The van der Waals surface area contributed by atoms with Crippen molar-refractivity contribution in [3.05, 3.63) is 71.3 Å². The van der Waals surface area contributed by atoms with E-state index < -0.39 is 29.1 Å². The van der Waals surface area contributed by atoms with Gasteiger partial charge >= 0.3 is 17.9 Å². The van der Waals surface area contributed by atoms with Crippen LogP contribution in [0.15, 0.2) is 65.7 Å². The molecule has 0 radical (unpaired) electrons. The summed E-state index contributed by atoms with van der Waals surface area (Å²) >= 11 is 3.33. The van der Waals surface area contributed by atoms with Crippen LogP contribution >= 0.6 is 15.9 Å². The summed E-state index contributed by atoms with van der Waals surface area (Å²) in [4.78, 5) is 37.0. The number of alkyl halides is 1. The van der Waals surface area contributed by atoms with Crippen molar-refractivity contribution >= 4 is 33.8 Å². The molecule has 0 saturated carbocycles. The topological polar surface area (TPSA) is 78.9 Å². The molecule has 3 rings (SSSR count). The maximum atomic E-state index is 12.5. The van der Waals surface area contributed by atoms with Crippen molar-refractivity contribution in [1.29, 1.82) is 0 Å². The molecule has 1 unspecified atom stereocenters. The van der Waals surface area contributed by atoms with Crippen LogP contribution < -0.4 is 0 Å². The molecule has 0 aromatic heterocycles. The predicted molar refractivity (Wildman–Crippen MR) is 105 cm³/mol. The van der Waals surface area contributed by atoms with Crippen molar-refractivity contribution in [3.63, 3.8) is 0 Å². The number of esters is 3. The van der Waals surface area contributed by atoms with Gasteiger partial charge in [-0.05, 0) is 11.1 Å². The van der Waals surface area contributed by atoms with Crippen molar-refractivity contribution in [2.24, 2.45) is 0 Å². The summed E-state index contributed by atoms with van der Waals surface area (Å²) in [6, 6.07) is 16.9. The van der Waals surface area contributed by atoms with Crippen LogP contribution in [0.4, 0.5) is 0 Å². The molecule has 0 bridgehead atoms. The third kappa shape index (κ3) is 3.22. The van der Waals surface area contributed by atoms with Gasteiger partial charge in [0.1, 0.15) is 5.57 Å². The van der Waals surface area contributed by atoms with Gasteiger partial charge in [0, 0.05) is 5.56 Å². The summed E-state index contributed by atoms with van der Waals surface area (Å²) in [6.07, 6.45) is 0. The number of benzene rings is 2. The molecule has 1 aliphatic rings. The van der Waals surface area contributed by atoms with E-state index >= 15 is 0 Å². The Kier molecular flexibility index (Phi) is 5.65. The maximum Gasteiger partial charge on any atom is 0.347 e. The largest absolute Gasteiger partial charge is 0.466 e. The van der Waals surface area contributed by atoms with Crippen LogP contribution in [0.5, 0.6) is 0 Å². The molecule has 144 valence electrons. The van der Waals surface area contributed by atoms with Gasteiger partial charge in [0.2, 0.25) is 0 Å². The highest BCUT2D eigenvalue weighted by Crippen LogP contribution is 2.44. The van der Waals surface area contributed by atoms with E-state index in [9.17, 15) is 14.4 Å². The highest BCUT2D eigenvalue weighted by Gasteiger charge is 2.54. The fourth-order valence-electron chi connectivity index (χ4n) is 3.16. The zero-order chi connectivity index (χ0) is 20.3. The minimum absolute atomic E-state index is 0.0569. The number of halogens is 1. The summed E-state index contributed by atoms with van der Waals surface area (Å²) < 4.78 is 15.0. The molecule has 0 spiro atoms. The van der Waals surface area contributed by atoms with Gasteiger partial charge in [-0.1, -0.05) is 70.5 Å². The third-order valence-electron chi connectivity index (χ3n) is 4.55. The first kappa shape index (κ1) is 19.8. The summed E-state index contributed by atoms with van der Waals surface area (Å²) in [5.41, 5.74) is 0.358. The van der Waals surface area contributed by atoms with Gasteiger partial charge in [-0.3, -0.25) is 0 Å². The average molecular weight is 445 g/mol. The van der Waals surface area contributed by atoms with Gasteiger partial charge < -0.3 is 14.2 Å².